The topological polar surface area (TPSA) is 58.3 Å². The maximum absolute atomic E-state index is 4.45. The second kappa shape index (κ2) is 6.76. The van der Waals surface area contributed by atoms with Gasteiger partial charge in [-0.25, -0.2) is 9.67 Å². The first-order chi connectivity index (χ1) is 12.3. The van der Waals surface area contributed by atoms with Crippen molar-refractivity contribution in [3.05, 3.63) is 72.3 Å². The summed E-state index contributed by atoms with van der Waals surface area (Å²) >= 11 is 0. The van der Waals surface area contributed by atoms with E-state index >= 15 is 0 Å². The van der Waals surface area contributed by atoms with Gasteiger partial charge in [-0.15, -0.1) is 0 Å². The Hall–Kier alpha value is -3.15. The Morgan fingerprint density at radius 2 is 2.00 bits per heavy atom. The third-order valence-corrected chi connectivity index (χ3v) is 4.42. The highest BCUT2D eigenvalue weighted by Gasteiger charge is 2.22. The van der Waals surface area contributed by atoms with E-state index in [1.807, 2.05) is 19.2 Å². The second-order valence-corrected chi connectivity index (χ2v) is 5.94. The van der Waals surface area contributed by atoms with Gasteiger partial charge in [0.15, 0.2) is 5.96 Å². The van der Waals surface area contributed by atoms with Crippen molar-refractivity contribution in [1.29, 1.82) is 0 Å². The lowest BCUT2D eigenvalue weighted by molar-refractivity contribution is 0.858. The Labute approximate surface area is 146 Å². The molecule has 0 saturated heterocycles. The van der Waals surface area contributed by atoms with E-state index in [1.165, 1.54) is 23.1 Å². The number of hydrogen-bond acceptors (Lipinski definition) is 3. The minimum absolute atomic E-state index is 0.725. The zero-order valence-corrected chi connectivity index (χ0v) is 14.1. The number of aliphatic imine (C=N–C) groups is 1. The number of aromatic nitrogens is 3. The second-order valence-electron chi connectivity index (χ2n) is 5.94. The van der Waals surface area contributed by atoms with E-state index in [2.05, 4.69) is 61.7 Å². The van der Waals surface area contributed by atoms with Gasteiger partial charge in [0.2, 0.25) is 0 Å². The van der Waals surface area contributed by atoms with Crippen LogP contribution in [-0.2, 0) is 13.0 Å². The highest BCUT2D eigenvalue weighted by atomic mass is 15.3. The van der Waals surface area contributed by atoms with Crippen molar-refractivity contribution in [2.75, 3.05) is 18.5 Å². The first-order valence-electron chi connectivity index (χ1n) is 8.35. The van der Waals surface area contributed by atoms with Crippen molar-refractivity contribution in [3.8, 4) is 5.69 Å². The van der Waals surface area contributed by atoms with E-state index in [1.54, 1.807) is 11.0 Å². The first kappa shape index (κ1) is 15.4. The van der Waals surface area contributed by atoms with Crippen LogP contribution in [0.25, 0.3) is 5.69 Å². The summed E-state index contributed by atoms with van der Waals surface area (Å²) < 4.78 is 1.75. The molecule has 0 spiro atoms. The van der Waals surface area contributed by atoms with Crippen LogP contribution in [0.3, 0.4) is 0 Å². The standard InChI is InChI=1S/C19H20N6/c1-20-19(24-11-10-16-4-2-3-5-18(16)24)22-12-15-6-8-17(9-7-15)25-14-21-13-23-25/h2-9,13-14H,10-12H2,1H3,(H,20,22). The number of nitrogens with one attached hydrogen (secondary N) is 1. The predicted molar refractivity (Wildman–Crippen MR) is 99.0 cm³/mol. The summed E-state index contributed by atoms with van der Waals surface area (Å²) in [5.41, 5.74) is 4.82. The molecule has 1 aliphatic heterocycles. The van der Waals surface area contributed by atoms with Crippen LogP contribution in [-0.4, -0.2) is 34.3 Å². The molecule has 0 aliphatic carbocycles. The van der Waals surface area contributed by atoms with Gasteiger partial charge in [0, 0.05) is 25.8 Å². The van der Waals surface area contributed by atoms with Gasteiger partial charge in [-0.3, -0.25) is 4.99 Å². The average Bonchev–Trinajstić information content (AvgIpc) is 3.33. The quantitative estimate of drug-likeness (QED) is 0.591. The lowest BCUT2D eigenvalue weighted by Crippen LogP contribution is -2.40. The maximum atomic E-state index is 4.45. The van der Waals surface area contributed by atoms with Gasteiger partial charge in [0.1, 0.15) is 12.7 Å². The molecule has 0 saturated carbocycles. The van der Waals surface area contributed by atoms with Gasteiger partial charge >= 0.3 is 0 Å². The van der Waals surface area contributed by atoms with Gasteiger partial charge in [-0.05, 0) is 35.7 Å². The number of rotatable bonds is 3. The van der Waals surface area contributed by atoms with Crippen molar-refractivity contribution in [3.63, 3.8) is 0 Å². The fraction of sp³-hybridized carbons (Fsp3) is 0.211. The van der Waals surface area contributed by atoms with Crippen LogP contribution in [0.5, 0.6) is 0 Å². The molecule has 0 unspecified atom stereocenters. The summed E-state index contributed by atoms with van der Waals surface area (Å²) in [5.74, 6) is 0.908. The van der Waals surface area contributed by atoms with Crippen LogP contribution in [0.2, 0.25) is 0 Å². The van der Waals surface area contributed by atoms with Crippen LogP contribution in [0.1, 0.15) is 11.1 Å². The van der Waals surface area contributed by atoms with E-state index in [0.29, 0.717) is 0 Å². The summed E-state index contributed by atoms with van der Waals surface area (Å²) in [6, 6.07) is 16.8. The minimum Gasteiger partial charge on any atom is -0.352 e. The molecule has 126 valence electrons. The Morgan fingerprint density at radius 3 is 2.76 bits per heavy atom. The van der Waals surface area contributed by atoms with Gasteiger partial charge in [0.25, 0.3) is 0 Å². The molecule has 1 aliphatic rings. The van der Waals surface area contributed by atoms with Crippen LogP contribution in [0.4, 0.5) is 5.69 Å². The SMILES string of the molecule is CN=C(NCc1ccc(-n2cncn2)cc1)N1CCc2ccccc21. The number of para-hydroxylation sites is 1. The fourth-order valence-electron chi connectivity index (χ4n) is 3.14. The monoisotopic (exact) mass is 332 g/mol. The molecule has 0 amide bonds. The Balaban J connectivity index is 1.44. The largest absolute Gasteiger partial charge is 0.352 e. The van der Waals surface area contributed by atoms with E-state index in [-0.39, 0.29) is 0 Å². The van der Waals surface area contributed by atoms with Crippen LogP contribution < -0.4 is 10.2 Å². The van der Waals surface area contributed by atoms with Crippen molar-refractivity contribution in [2.24, 2.45) is 4.99 Å². The average molecular weight is 332 g/mol. The molecule has 0 fully saturated rings. The van der Waals surface area contributed by atoms with Crippen LogP contribution in [0, 0.1) is 0 Å². The van der Waals surface area contributed by atoms with E-state index in [9.17, 15) is 0 Å². The fourth-order valence-corrected chi connectivity index (χ4v) is 3.14. The number of nitrogens with zero attached hydrogens (tertiary/aromatic N) is 5. The van der Waals surface area contributed by atoms with Gasteiger partial charge < -0.3 is 10.2 Å². The predicted octanol–water partition coefficient (Wildman–Crippen LogP) is 2.41. The molecule has 0 bridgehead atoms. The summed E-state index contributed by atoms with van der Waals surface area (Å²) in [6.07, 6.45) is 4.29. The maximum Gasteiger partial charge on any atom is 0.198 e. The molecule has 6 heteroatoms. The number of benzene rings is 2. The van der Waals surface area contributed by atoms with Gasteiger partial charge in [-0.2, -0.15) is 5.10 Å². The van der Waals surface area contributed by atoms with E-state index < -0.39 is 0 Å². The van der Waals surface area contributed by atoms with Crippen molar-refractivity contribution in [1.82, 2.24) is 20.1 Å². The molecule has 2 aromatic carbocycles. The number of fused-ring (bicyclic) bond motifs is 1. The summed E-state index contributed by atoms with van der Waals surface area (Å²) in [5, 5.41) is 7.61. The Morgan fingerprint density at radius 1 is 1.16 bits per heavy atom. The molecule has 4 rings (SSSR count). The lowest BCUT2D eigenvalue weighted by Gasteiger charge is -2.22. The minimum atomic E-state index is 0.725. The highest BCUT2D eigenvalue weighted by molar-refractivity contribution is 5.97. The van der Waals surface area contributed by atoms with Gasteiger partial charge in [-0.1, -0.05) is 30.3 Å². The molecule has 0 atom stereocenters. The zero-order chi connectivity index (χ0) is 17.1. The third kappa shape index (κ3) is 3.10. The lowest BCUT2D eigenvalue weighted by atomic mass is 10.2. The number of guanidine groups is 1. The van der Waals surface area contributed by atoms with Crippen LogP contribution in [0.15, 0.2) is 66.2 Å². The molecule has 0 radical (unpaired) electrons. The number of hydrogen-bond donors (Lipinski definition) is 1. The zero-order valence-electron chi connectivity index (χ0n) is 14.1. The molecular formula is C19H20N6. The Kier molecular flexibility index (Phi) is 4.16. The molecule has 3 aromatic rings. The van der Waals surface area contributed by atoms with Crippen molar-refractivity contribution < 1.29 is 0 Å². The first-order valence-corrected chi connectivity index (χ1v) is 8.35. The molecular weight excluding hydrogens is 312 g/mol. The Bertz CT molecular complexity index is 867. The van der Waals surface area contributed by atoms with Crippen LogP contribution >= 0.6 is 0 Å². The normalized spacial score (nSPS) is 13.8. The van der Waals surface area contributed by atoms with Gasteiger partial charge in [0.05, 0.1) is 5.69 Å². The van der Waals surface area contributed by atoms with E-state index in [4.69, 9.17) is 0 Å². The molecule has 1 aromatic heterocycles. The summed E-state index contributed by atoms with van der Waals surface area (Å²) in [7, 11) is 1.83. The van der Waals surface area contributed by atoms with E-state index in [0.717, 1.165) is 31.2 Å². The smallest absolute Gasteiger partial charge is 0.198 e. The van der Waals surface area contributed by atoms with Crippen molar-refractivity contribution >= 4 is 11.6 Å². The number of anilines is 1. The molecule has 1 N–H and O–H groups in total. The summed E-state index contributed by atoms with van der Waals surface area (Å²) in [6.45, 7) is 1.69. The third-order valence-electron chi connectivity index (χ3n) is 4.42. The van der Waals surface area contributed by atoms with Crippen molar-refractivity contribution in [2.45, 2.75) is 13.0 Å². The molecule has 25 heavy (non-hydrogen) atoms. The molecule has 6 nitrogen and oxygen atoms in total. The highest BCUT2D eigenvalue weighted by Crippen LogP contribution is 2.27. The summed E-state index contributed by atoms with van der Waals surface area (Å²) in [4.78, 5) is 10.7. The molecule has 2 heterocycles.